The van der Waals surface area contributed by atoms with Crippen LogP contribution in [0.4, 0.5) is 13.2 Å². The molecule has 0 atom stereocenters. The number of rotatable bonds is 5. The van der Waals surface area contributed by atoms with Crippen molar-refractivity contribution in [3.63, 3.8) is 0 Å². The van der Waals surface area contributed by atoms with E-state index in [4.69, 9.17) is 5.11 Å². The number of aryl methyl sites for hydroxylation is 1. The van der Waals surface area contributed by atoms with Crippen LogP contribution in [-0.2, 0) is 16.0 Å². The fraction of sp³-hybridized carbons (Fsp3) is 0.333. The monoisotopic (exact) mass is 292 g/mol. The molecule has 0 spiro atoms. The first-order chi connectivity index (χ1) is 9.23. The zero-order valence-corrected chi connectivity index (χ0v) is 10.4. The molecule has 0 aromatic heterocycles. The molecule has 0 amide bonds. The zero-order chi connectivity index (χ0) is 15.3. The van der Waals surface area contributed by atoms with E-state index >= 15 is 0 Å². The van der Waals surface area contributed by atoms with E-state index in [2.05, 4.69) is 9.47 Å². The normalized spacial score (nSPS) is 11.0. The molecular formula is C12H11F3O5. The summed E-state index contributed by atoms with van der Waals surface area (Å²) in [6, 6.07) is 3.26. The summed E-state index contributed by atoms with van der Waals surface area (Å²) < 4.78 is 44.7. The predicted octanol–water partition coefficient (Wildman–Crippen LogP) is 2.39. The molecule has 0 saturated carbocycles. The summed E-state index contributed by atoms with van der Waals surface area (Å²) in [5.74, 6) is -2.87. The van der Waals surface area contributed by atoms with Crippen LogP contribution in [0.15, 0.2) is 18.2 Å². The lowest BCUT2D eigenvalue weighted by Crippen LogP contribution is -2.19. The first-order valence-electron chi connectivity index (χ1n) is 5.41. The molecule has 1 rings (SSSR count). The summed E-state index contributed by atoms with van der Waals surface area (Å²) in [6.45, 7) is 0. The third kappa shape index (κ3) is 4.79. The van der Waals surface area contributed by atoms with Gasteiger partial charge in [0.15, 0.2) is 0 Å². The average Bonchev–Trinajstić information content (AvgIpc) is 2.33. The van der Waals surface area contributed by atoms with Crippen LogP contribution in [0.3, 0.4) is 0 Å². The van der Waals surface area contributed by atoms with Gasteiger partial charge in [-0.3, -0.25) is 4.79 Å². The Balaban J connectivity index is 2.98. The maximum Gasteiger partial charge on any atom is 0.573 e. The SMILES string of the molecule is COC(=O)CCc1ccc(C(=O)O)c(OC(F)(F)F)c1. The second-order valence-corrected chi connectivity index (χ2v) is 3.76. The number of aromatic carboxylic acids is 1. The van der Waals surface area contributed by atoms with Crippen molar-refractivity contribution in [3.05, 3.63) is 29.3 Å². The molecule has 0 radical (unpaired) electrons. The Morgan fingerprint density at radius 2 is 1.95 bits per heavy atom. The average molecular weight is 292 g/mol. The lowest BCUT2D eigenvalue weighted by atomic mass is 10.1. The molecule has 0 aliphatic rings. The summed E-state index contributed by atoms with van der Waals surface area (Å²) in [5.41, 5.74) is -0.274. The first kappa shape index (κ1) is 15.8. The highest BCUT2D eigenvalue weighted by atomic mass is 19.4. The van der Waals surface area contributed by atoms with Gasteiger partial charge in [0.1, 0.15) is 11.3 Å². The summed E-state index contributed by atoms with van der Waals surface area (Å²) in [7, 11) is 1.19. The van der Waals surface area contributed by atoms with Crippen LogP contribution in [0, 0.1) is 0 Å². The fourth-order valence-electron chi connectivity index (χ4n) is 1.46. The topological polar surface area (TPSA) is 72.8 Å². The molecule has 0 aliphatic carbocycles. The molecule has 1 aromatic rings. The van der Waals surface area contributed by atoms with Crippen molar-refractivity contribution >= 4 is 11.9 Å². The van der Waals surface area contributed by atoms with Crippen molar-refractivity contribution in [1.29, 1.82) is 0 Å². The van der Waals surface area contributed by atoms with Crippen LogP contribution in [-0.4, -0.2) is 30.5 Å². The van der Waals surface area contributed by atoms with Gasteiger partial charge in [-0.2, -0.15) is 0 Å². The molecule has 5 nitrogen and oxygen atoms in total. The van der Waals surface area contributed by atoms with E-state index < -0.39 is 29.6 Å². The maximum absolute atomic E-state index is 12.2. The molecule has 20 heavy (non-hydrogen) atoms. The van der Waals surface area contributed by atoms with E-state index in [1.165, 1.54) is 13.2 Å². The smallest absolute Gasteiger partial charge is 0.478 e. The van der Waals surface area contributed by atoms with Crippen LogP contribution in [0.2, 0.25) is 0 Å². The van der Waals surface area contributed by atoms with Crippen LogP contribution < -0.4 is 4.74 Å². The molecule has 1 aromatic carbocycles. The van der Waals surface area contributed by atoms with Gasteiger partial charge in [0.25, 0.3) is 0 Å². The quantitative estimate of drug-likeness (QED) is 0.844. The Bertz CT molecular complexity index is 510. The third-order valence-corrected chi connectivity index (χ3v) is 2.35. The van der Waals surface area contributed by atoms with Crippen molar-refractivity contribution in [2.24, 2.45) is 0 Å². The fourth-order valence-corrected chi connectivity index (χ4v) is 1.46. The number of methoxy groups -OCH3 is 1. The number of esters is 1. The Morgan fingerprint density at radius 1 is 1.30 bits per heavy atom. The number of hydrogen-bond acceptors (Lipinski definition) is 4. The Morgan fingerprint density at radius 3 is 2.45 bits per heavy atom. The van der Waals surface area contributed by atoms with Gasteiger partial charge >= 0.3 is 18.3 Å². The molecule has 8 heteroatoms. The van der Waals surface area contributed by atoms with Gasteiger partial charge in [0, 0.05) is 6.42 Å². The van der Waals surface area contributed by atoms with Crippen LogP contribution in [0.25, 0.3) is 0 Å². The van der Waals surface area contributed by atoms with Crippen molar-refractivity contribution < 1.29 is 37.3 Å². The molecule has 0 unspecified atom stereocenters. The number of alkyl halides is 3. The van der Waals surface area contributed by atoms with E-state index in [9.17, 15) is 22.8 Å². The van der Waals surface area contributed by atoms with Gasteiger partial charge in [-0.25, -0.2) is 4.79 Å². The van der Waals surface area contributed by atoms with Gasteiger partial charge in [0.2, 0.25) is 0 Å². The summed E-state index contributed by atoms with van der Waals surface area (Å²) in [5, 5.41) is 8.79. The van der Waals surface area contributed by atoms with E-state index in [1.807, 2.05) is 0 Å². The molecule has 0 saturated heterocycles. The largest absolute Gasteiger partial charge is 0.573 e. The Labute approximate surface area is 111 Å². The molecule has 0 heterocycles. The van der Waals surface area contributed by atoms with Crippen LogP contribution in [0.5, 0.6) is 5.75 Å². The van der Waals surface area contributed by atoms with Crippen molar-refractivity contribution in [2.45, 2.75) is 19.2 Å². The minimum Gasteiger partial charge on any atom is -0.478 e. The van der Waals surface area contributed by atoms with Crippen molar-refractivity contribution in [1.82, 2.24) is 0 Å². The van der Waals surface area contributed by atoms with E-state index in [0.717, 1.165) is 12.1 Å². The number of hydrogen-bond donors (Lipinski definition) is 1. The number of carboxylic acid groups (broad SMARTS) is 1. The number of carboxylic acids is 1. The van der Waals surface area contributed by atoms with Gasteiger partial charge in [-0.05, 0) is 24.1 Å². The van der Waals surface area contributed by atoms with E-state index in [0.29, 0.717) is 5.56 Å². The molecule has 0 bridgehead atoms. The Kier molecular flexibility index (Phi) is 4.95. The number of carbonyl (C=O) groups excluding carboxylic acids is 1. The second-order valence-electron chi connectivity index (χ2n) is 3.76. The van der Waals surface area contributed by atoms with Gasteiger partial charge < -0.3 is 14.6 Å². The summed E-state index contributed by atoms with van der Waals surface area (Å²) >= 11 is 0. The number of benzene rings is 1. The van der Waals surface area contributed by atoms with Gasteiger partial charge in [-0.15, -0.1) is 13.2 Å². The predicted molar refractivity (Wildman–Crippen MR) is 60.4 cm³/mol. The zero-order valence-electron chi connectivity index (χ0n) is 10.4. The van der Waals surface area contributed by atoms with Crippen molar-refractivity contribution in [2.75, 3.05) is 7.11 Å². The molecular weight excluding hydrogens is 281 g/mol. The lowest BCUT2D eigenvalue weighted by Gasteiger charge is -2.12. The number of ether oxygens (including phenoxy) is 2. The molecule has 0 fully saturated rings. The second kappa shape index (κ2) is 6.27. The number of carbonyl (C=O) groups is 2. The summed E-state index contributed by atoms with van der Waals surface area (Å²) in [6.07, 6.45) is -4.92. The highest BCUT2D eigenvalue weighted by Crippen LogP contribution is 2.28. The third-order valence-electron chi connectivity index (χ3n) is 2.35. The maximum atomic E-state index is 12.2. The Hall–Kier alpha value is -2.25. The molecule has 1 N–H and O–H groups in total. The van der Waals surface area contributed by atoms with Gasteiger partial charge in [0.05, 0.1) is 7.11 Å². The van der Waals surface area contributed by atoms with E-state index in [1.54, 1.807) is 0 Å². The minimum atomic E-state index is -4.99. The van der Waals surface area contributed by atoms with Crippen LogP contribution >= 0.6 is 0 Å². The molecule has 0 aliphatic heterocycles. The standard InChI is InChI=1S/C12H11F3O5/c1-19-10(16)5-3-7-2-4-8(11(17)18)9(6-7)20-12(13,14)15/h2,4,6H,3,5H2,1H3,(H,17,18). The molecule has 110 valence electrons. The lowest BCUT2D eigenvalue weighted by molar-refractivity contribution is -0.274. The number of halogens is 3. The van der Waals surface area contributed by atoms with Crippen molar-refractivity contribution in [3.8, 4) is 5.75 Å². The minimum absolute atomic E-state index is 0.0334. The highest BCUT2D eigenvalue weighted by Gasteiger charge is 2.33. The highest BCUT2D eigenvalue weighted by molar-refractivity contribution is 5.91. The van der Waals surface area contributed by atoms with E-state index in [-0.39, 0.29) is 12.8 Å². The first-order valence-corrected chi connectivity index (χ1v) is 5.41. The van der Waals surface area contributed by atoms with Crippen LogP contribution in [0.1, 0.15) is 22.3 Å². The summed E-state index contributed by atoms with van der Waals surface area (Å²) in [4.78, 5) is 21.8. The van der Waals surface area contributed by atoms with Gasteiger partial charge in [-0.1, -0.05) is 6.07 Å².